The van der Waals surface area contributed by atoms with Crippen molar-refractivity contribution < 1.29 is 0 Å². The molecule has 0 aromatic heterocycles. The van der Waals surface area contributed by atoms with Crippen LogP contribution in [0.5, 0.6) is 0 Å². The molecule has 3 fully saturated rings. The molecule has 0 amide bonds. The first kappa shape index (κ1) is 14.1. The molecule has 6 atom stereocenters. The van der Waals surface area contributed by atoms with Gasteiger partial charge < -0.3 is 0 Å². The molecule has 0 radical (unpaired) electrons. The van der Waals surface area contributed by atoms with Crippen LogP contribution in [0.4, 0.5) is 0 Å². The van der Waals surface area contributed by atoms with Crippen LogP contribution in [0.2, 0.25) is 0 Å². The molecule has 1 aliphatic carbocycles. The Morgan fingerprint density at radius 3 is 1.19 bits per heavy atom. The number of hydrogen-bond acceptors (Lipinski definition) is 3. The fraction of sp³-hybridized carbons (Fsp3) is 0.333. The highest BCUT2D eigenvalue weighted by molar-refractivity contribution is 8.15. The van der Waals surface area contributed by atoms with Crippen LogP contribution in [0.3, 0.4) is 0 Å². The third kappa shape index (κ3) is 3.64. The molecule has 0 bridgehead atoms. The van der Waals surface area contributed by atoms with Crippen molar-refractivity contribution in [3.05, 3.63) is 72.9 Å². The van der Waals surface area contributed by atoms with Crippen molar-refractivity contribution in [3.8, 4) is 0 Å². The maximum atomic E-state index is 2.37. The average molecular weight is 331 g/mol. The molecule has 4 aliphatic rings. The summed E-state index contributed by atoms with van der Waals surface area (Å²) < 4.78 is 0. The van der Waals surface area contributed by atoms with Crippen LogP contribution < -0.4 is 0 Å². The third-order valence-corrected chi connectivity index (χ3v) is 8.47. The van der Waals surface area contributed by atoms with E-state index in [9.17, 15) is 0 Å². The highest BCUT2D eigenvalue weighted by Gasteiger charge is 2.61. The van der Waals surface area contributed by atoms with Gasteiger partial charge in [0.25, 0.3) is 0 Å². The van der Waals surface area contributed by atoms with Crippen molar-refractivity contribution in [1.29, 1.82) is 0 Å². The van der Waals surface area contributed by atoms with E-state index >= 15 is 0 Å². The molecular formula is C18H18S3. The van der Waals surface area contributed by atoms with Crippen molar-refractivity contribution in [2.24, 2.45) is 0 Å². The van der Waals surface area contributed by atoms with E-state index in [1.807, 2.05) is 0 Å². The van der Waals surface area contributed by atoms with Gasteiger partial charge in [0.2, 0.25) is 0 Å². The molecule has 108 valence electrons. The molecule has 0 aromatic carbocycles. The van der Waals surface area contributed by atoms with Crippen LogP contribution in [0.25, 0.3) is 0 Å². The fourth-order valence-corrected chi connectivity index (χ4v) is 7.14. The number of allylic oxidation sites excluding steroid dienone is 10. The topological polar surface area (TPSA) is 0 Å². The Labute approximate surface area is 139 Å². The molecule has 3 heteroatoms. The van der Waals surface area contributed by atoms with Gasteiger partial charge in [-0.25, -0.2) is 0 Å². The van der Waals surface area contributed by atoms with Gasteiger partial charge in [-0.3, -0.25) is 0 Å². The Kier molecular flexibility index (Phi) is 4.24. The summed E-state index contributed by atoms with van der Waals surface area (Å²) >= 11 is 6.50. The van der Waals surface area contributed by atoms with Crippen molar-refractivity contribution in [2.75, 3.05) is 0 Å². The predicted octanol–water partition coefficient (Wildman–Crippen LogP) is 4.79. The first-order valence-corrected chi connectivity index (χ1v) is 10.2. The minimum absolute atomic E-state index is 0.764. The van der Waals surface area contributed by atoms with E-state index in [1.165, 1.54) is 0 Å². The highest BCUT2D eigenvalue weighted by atomic mass is 32.2. The van der Waals surface area contributed by atoms with Crippen LogP contribution in [-0.4, -0.2) is 31.5 Å². The minimum atomic E-state index is 0.764. The van der Waals surface area contributed by atoms with Gasteiger partial charge in [0.1, 0.15) is 0 Å². The van der Waals surface area contributed by atoms with E-state index in [2.05, 4.69) is 108 Å². The Hall–Kier alpha value is -0.510. The quantitative estimate of drug-likeness (QED) is 0.586. The van der Waals surface area contributed by atoms with Gasteiger partial charge in [-0.05, 0) is 0 Å². The molecule has 3 heterocycles. The van der Waals surface area contributed by atoms with E-state index in [4.69, 9.17) is 0 Å². The van der Waals surface area contributed by atoms with Gasteiger partial charge in [0, 0.05) is 31.5 Å². The van der Waals surface area contributed by atoms with Crippen LogP contribution in [0.15, 0.2) is 72.9 Å². The standard InChI is InChI=1S/C18H18S3/c1-2-4-6-8-10-12-14-16(20-14)18-17(21-18)15-13(19-15)11-9-7-5-3-1/h1-18H/b3-1-,4-2-,7-5-,8-6+,11-9-,12-10-. The van der Waals surface area contributed by atoms with Gasteiger partial charge in [0.15, 0.2) is 0 Å². The molecule has 0 spiro atoms. The molecule has 6 unspecified atom stereocenters. The lowest BCUT2D eigenvalue weighted by atomic mass is 10.1. The molecule has 3 aliphatic heterocycles. The van der Waals surface area contributed by atoms with Gasteiger partial charge in [-0.2, -0.15) is 11.8 Å². The monoisotopic (exact) mass is 330 g/mol. The number of fused-ring (bicyclic) bond motifs is 5. The second-order valence-corrected chi connectivity index (χ2v) is 9.59. The van der Waals surface area contributed by atoms with E-state index in [0.717, 1.165) is 31.5 Å². The molecule has 0 N–H and O–H groups in total. The third-order valence-electron chi connectivity index (χ3n) is 3.93. The smallest absolute Gasteiger partial charge is 0.0364 e. The lowest BCUT2D eigenvalue weighted by Crippen LogP contribution is -2.09. The maximum Gasteiger partial charge on any atom is 0.0364 e. The predicted molar refractivity (Wildman–Crippen MR) is 100 cm³/mol. The summed E-state index contributed by atoms with van der Waals surface area (Å²) in [4.78, 5) is 0. The minimum Gasteiger partial charge on any atom is -0.150 e. The fourth-order valence-electron chi connectivity index (χ4n) is 2.64. The van der Waals surface area contributed by atoms with Crippen LogP contribution in [0, 0.1) is 0 Å². The van der Waals surface area contributed by atoms with Gasteiger partial charge in [-0.1, -0.05) is 72.9 Å². The van der Waals surface area contributed by atoms with Crippen molar-refractivity contribution in [3.63, 3.8) is 0 Å². The Bertz CT molecular complexity index is 517. The summed E-state index contributed by atoms with van der Waals surface area (Å²) in [7, 11) is 0. The summed E-state index contributed by atoms with van der Waals surface area (Å²) in [6, 6.07) is 0. The Morgan fingerprint density at radius 1 is 0.381 bits per heavy atom. The van der Waals surface area contributed by atoms with Crippen LogP contribution in [0.1, 0.15) is 0 Å². The first-order valence-electron chi connectivity index (χ1n) is 7.41. The maximum absolute atomic E-state index is 2.37. The lowest BCUT2D eigenvalue weighted by Gasteiger charge is -1.90. The molecule has 4 rings (SSSR count). The van der Waals surface area contributed by atoms with E-state index < -0.39 is 0 Å². The summed E-state index contributed by atoms with van der Waals surface area (Å²) in [5.74, 6) is 0. The zero-order valence-electron chi connectivity index (χ0n) is 11.6. The Balaban J connectivity index is 1.42. The molecule has 21 heavy (non-hydrogen) atoms. The van der Waals surface area contributed by atoms with Gasteiger partial charge in [-0.15, -0.1) is 23.5 Å². The summed E-state index contributed by atoms with van der Waals surface area (Å²) in [6.45, 7) is 0. The van der Waals surface area contributed by atoms with Crippen molar-refractivity contribution in [2.45, 2.75) is 31.5 Å². The van der Waals surface area contributed by atoms with Crippen molar-refractivity contribution in [1.82, 2.24) is 0 Å². The van der Waals surface area contributed by atoms with E-state index in [1.54, 1.807) is 0 Å². The number of hydrogen-bond donors (Lipinski definition) is 0. The SMILES string of the molecule is C1=C\C=C/C=C/C=C\C2SC2C2SC2C2SC2/C=C\C=C/1. The number of thioether (sulfide) groups is 3. The van der Waals surface area contributed by atoms with Gasteiger partial charge >= 0.3 is 0 Å². The van der Waals surface area contributed by atoms with E-state index in [0.29, 0.717) is 0 Å². The molecule has 3 saturated heterocycles. The number of rotatable bonds is 0. The summed E-state index contributed by atoms with van der Waals surface area (Å²) in [5.41, 5.74) is 0. The normalized spacial score (nSPS) is 52.6. The zero-order valence-corrected chi connectivity index (χ0v) is 14.1. The second kappa shape index (κ2) is 6.31. The largest absolute Gasteiger partial charge is 0.150 e. The summed E-state index contributed by atoms with van der Waals surface area (Å²) in [5, 5.41) is 5.13. The molecule has 0 saturated carbocycles. The average Bonchev–Trinajstić information content (AvgIpc) is 3.31. The second-order valence-electron chi connectivity index (χ2n) is 5.51. The highest BCUT2D eigenvalue weighted by Crippen LogP contribution is 2.66. The van der Waals surface area contributed by atoms with Crippen LogP contribution in [-0.2, 0) is 0 Å². The lowest BCUT2D eigenvalue weighted by molar-refractivity contribution is 0.868. The summed E-state index contributed by atoms with van der Waals surface area (Å²) in [6.07, 6.45) is 25.9. The first-order chi connectivity index (χ1) is 10.4. The van der Waals surface area contributed by atoms with Crippen molar-refractivity contribution >= 4 is 35.3 Å². The van der Waals surface area contributed by atoms with E-state index in [-0.39, 0.29) is 0 Å². The molecule has 0 nitrogen and oxygen atoms in total. The van der Waals surface area contributed by atoms with Crippen LogP contribution >= 0.6 is 35.3 Å². The molecular weight excluding hydrogens is 312 g/mol. The Morgan fingerprint density at radius 2 is 0.762 bits per heavy atom. The zero-order chi connectivity index (χ0) is 14.1. The van der Waals surface area contributed by atoms with Gasteiger partial charge in [0.05, 0.1) is 0 Å². The molecule has 0 aromatic rings.